The Labute approximate surface area is 584 Å². The number of nitrogens with one attached hydrogen (secondary N) is 5. The fourth-order valence-electron chi connectivity index (χ4n) is 4.49. The zero-order valence-electron chi connectivity index (χ0n) is 56.0. The van der Waals surface area contributed by atoms with E-state index in [4.69, 9.17) is 4.42 Å². The van der Waals surface area contributed by atoms with E-state index in [2.05, 4.69) is 169 Å². The van der Waals surface area contributed by atoms with Gasteiger partial charge in [0.05, 0.1) is 59.1 Å². The molecule has 16 aromatic rings. The minimum atomic E-state index is 0.606. The summed E-state index contributed by atoms with van der Waals surface area (Å²) in [6.07, 6.45) is 23.3. The average molecular weight is 1440 g/mol. The van der Waals surface area contributed by atoms with Crippen molar-refractivity contribution < 1.29 is 18.0 Å². The number of thiazole rings is 3. The molecular formula is C59H80N26O4S7. The number of furan rings is 1. The van der Waals surface area contributed by atoms with Crippen LogP contribution in [0.25, 0.3) is 0 Å². The highest BCUT2D eigenvalue weighted by molar-refractivity contribution is 7.10. The van der Waals surface area contributed by atoms with Crippen molar-refractivity contribution in [3.8, 4) is 0 Å². The van der Waals surface area contributed by atoms with E-state index in [-0.39, 0.29) is 0 Å². The van der Waals surface area contributed by atoms with Gasteiger partial charge in [0.1, 0.15) is 45.5 Å². The number of H-pyrrole nitrogens is 5. The Kier molecular flexibility index (Phi) is 50.4. The first-order chi connectivity index (χ1) is 46.3. The minimum Gasteiger partial charge on any atom is -0.470 e. The molecule has 96 heavy (non-hydrogen) atoms. The summed E-state index contributed by atoms with van der Waals surface area (Å²) in [5.74, 6) is 3.18. The number of hydrogen-bond acceptors (Lipinski definition) is 32. The van der Waals surface area contributed by atoms with Crippen molar-refractivity contribution in [2.45, 2.75) is 111 Å². The van der Waals surface area contributed by atoms with Gasteiger partial charge in [0.2, 0.25) is 12.3 Å². The normalized spacial score (nSPS) is 8.83. The van der Waals surface area contributed by atoms with Crippen molar-refractivity contribution in [3.63, 3.8) is 0 Å². The van der Waals surface area contributed by atoms with E-state index in [0.29, 0.717) is 5.89 Å². The summed E-state index contributed by atoms with van der Waals surface area (Å²) in [5.41, 5.74) is 11.7. The summed E-state index contributed by atoms with van der Waals surface area (Å²) in [4.78, 5) is 32.8. The standard InChI is InChI=1S/C5H7N.C5H6O.C5H6S.2C4H6N2.3C4H5NS.2C3H5N3.3C3H4N2O.3C3H4N2S/c3*1-5-3-2-4-6-5;1-4-2-5-3-6-4;1-4-2-3-5-6-4;1-4-2-6-3-5-4;1-4-2-5-3-6-4;1-4-5-2-3-6-4;1-3-4-2-5-6-3;1-3-2-4-6-5-3;1-3-5-4-2-6-3;1-3-2-4-5-6-3;1-3-2-4-6-5-3;1-3-5-4-2-6-3;1-3-4-2-5-6-3;1-3-2-4-5-6-3/h2-4,6H,1H3;2*2-4H,1H3;2*2-3H,1H3,(H,5,6);3*2-3H,1H3;2*2H,1H3,(H,4,5,6);6*2H,1H3. The van der Waals surface area contributed by atoms with Crippen molar-refractivity contribution >= 4 is 79.7 Å². The maximum absolute atomic E-state index is 4.83. The highest BCUT2D eigenvalue weighted by atomic mass is 32.1. The molecule has 0 bridgehead atoms. The lowest BCUT2D eigenvalue weighted by molar-refractivity contribution is 0.304. The van der Waals surface area contributed by atoms with Crippen LogP contribution in [0.15, 0.2) is 181 Å². The Morgan fingerprint density at radius 1 is 0.490 bits per heavy atom. The summed E-state index contributed by atoms with van der Waals surface area (Å²) in [6, 6.07) is 13.9. The molecule has 0 aliphatic rings. The summed E-state index contributed by atoms with van der Waals surface area (Å²) < 4.78 is 25.5. The molecular weight excluding hydrogens is 1360 g/mol. The molecule has 0 saturated carbocycles. The zero-order valence-corrected chi connectivity index (χ0v) is 61.7. The van der Waals surface area contributed by atoms with Crippen LogP contribution in [0.2, 0.25) is 0 Å². The molecule has 0 unspecified atom stereocenters. The van der Waals surface area contributed by atoms with E-state index in [1.54, 1.807) is 138 Å². The number of imidazole rings is 1. The molecule has 0 radical (unpaired) electrons. The molecule has 37 heteroatoms. The fraction of sp³-hybridized carbons (Fsp3) is 0.271. The maximum Gasteiger partial charge on any atom is 0.213 e. The first-order valence-corrected chi connectivity index (χ1v) is 33.9. The van der Waals surface area contributed by atoms with Gasteiger partial charge in [-0.05, 0) is 169 Å². The lowest BCUT2D eigenvalue weighted by Gasteiger charge is -1.70. The van der Waals surface area contributed by atoms with E-state index in [1.807, 2.05) is 155 Å². The van der Waals surface area contributed by atoms with Crippen LogP contribution in [0.4, 0.5) is 0 Å². The maximum atomic E-state index is 4.83. The molecule has 0 saturated heterocycles. The van der Waals surface area contributed by atoms with Gasteiger partial charge >= 0.3 is 0 Å². The number of aromatic nitrogens is 26. The van der Waals surface area contributed by atoms with Gasteiger partial charge < -0.3 is 23.3 Å². The van der Waals surface area contributed by atoms with E-state index < -0.39 is 0 Å². The van der Waals surface area contributed by atoms with Crippen molar-refractivity contribution in [1.82, 2.24) is 131 Å². The van der Waals surface area contributed by atoms with Gasteiger partial charge in [-0.3, -0.25) is 25.1 Å². The topological polar surface area (TPSA) is 402 Å². The SMILES string of the molecule is Cc1ccc[nH]1.Cc1ccco1.Cc1cccs1.Cc1ccn[nH]1.Cc1cn[nH]n1.Cc1cnc[nH]1.Cc1cncs1.Cc1cnno1.Cc1cnns1.Cc1cnon1.Cc1cscn1.Cc1nccs1.Cc1ncn[nH]1.Cc1ncns1.Cc1nnco1.Cc1nncs1. The Morgan fingerprint density at radius 3 is 1.49 bits per heavy atom. The molecule has 0 atom stereocenters. The summed E-state index contributed by atoms with van der Waals surface area (Å²) in [7, 11) is 0. The molecule has 0 aromatic carbocycles. The van der Waals surface area contributed by atoms with Crippen LogP contribution < -0.4 is 0 Å². The van der Waals surface area contributed by atoms with E-state index in [1.165, 1.54) is 51.2 Å². The highest BCUT2D eigenvalue weighted by Gasteiger charge is 1.85. The summed E-state index contributed by atoms with van der Waals surface area (Å²) >= 11 is 11.1. The van der Waals surface area contributed by atoms with Crippen molar-refractivity contribution in [1.29, 1.82) is 0 Å². The molecule has 30 nitrogen and oxygen atoms in total. The predicted octanol–water partition coefficient (Wildman–Crippen LogP) is 14.7. The van der Waals surface area contributed by atoms with Gasteiger partial charge in [-0.25, -0.2) is 19.6 Å². The molecule has 512 valence electrons. The van der Waals surface area contributed by atoms with Gasteiger partial charge in [-0.1, -0.05) is 20.9 Å². The average Bonchev–Trinajstić information content (AvgIpc) is 4.35. The van der Waals surface area contributed by atoms with Crippen LogP contribution in [0.1, 0.15) is 87.1 Å². The number of aromatic amines is 5. The van der Waals surface area contributed by atoms with E-state index >= 15 is 0 Å². The van der Waals surface area contributed by atoms with Crippen LogP contribution in [-0.2, 0) is 0 Å². The van der Waals surface area contributed by atoms with Crippen LogP contribution in [0, 0.1) is 111 Å². The number of nitrogens with zero attached hydrogens (tertiary/aromatic N) is 21. The molecule has 0 spiro atoms. The second kappa shape index (κ2) is 57.6. The Bertz CT molecular complexity index is 2820. The highest BCUT2D eigenvalue weighted by Crippen LogP contribution is 2.04. The smallest absolute Gasteiger partial charge is 0.213 e. The van der Waals surface area contributed by atoms with E-state index in [9.17, 15) is 0 Å². The molecule has 0 aliphatic heterocycles. The zero-order chi connectivity index (χ0) is 70.5. The summed E-state index contributed by atoms with van der Waals surface area (Å²) in [6.45, 7) is 30.9. The van der Waals surface area contributed by atoms with Crippen molar-refractivity contribution in [2.75, 3.05) is 0 Å². The van der Waals surface area contributed by atoms with Crippen LogP contribution in [0.5, 0.6) is 0 Å². The fourth-order valence-corrected chi connectivity index (χ4v) is 7.42. The third-order valence-corrected chi connectivity index (χ3v) is 13.6. The Balaban J connectivity index is 0.000000512. The van der Waals surface area contributed by atoms with Gasteiger partial charge in [0.25, 0.3) is 0 Å². The molecule has 5 N–H and O–H groups in total. The lowest BCUT2D eigenvalue weighted by Crippen LogP contribution is -1.68. The van der Waals surface area contributed by atoms with Crippen LogP contribution >= 0.6 is 79.7 Å². The molecule has 16 aromatic heterocycles. The van der Waals surface area contributed by atoms with Crippen molar-refractivity contribution in [3.05, 3.63) is 250 Å². The number of rotatable bonds is 0. The molecule has 16 heterocycles. The van der Waals surface area contributed by atoms with Gasteiger partial charge in [-0.15, -0.1) is 87.3 Å². The third kappa shape index (κ3) is 55.6. The second-order valence-electron chi connectivity index (χ2n) is 17.7. The third-order valence-electron chi connectivity index (χ3n) is 8.92. The first-order valence-electron chi connectivity index (χ1n) is 27.9. The van der Waals surface area contributed by atoms with Gasteiger partial charge in [0, 0.05) is 91.3 Å². The van der Waals surface area contributed by atoms with E-state index in [0.717, 1.165) is 65.7 Å². The lowest BCUT2D eigenvalue weighted by atomic mass is 10.5. The molecule has 0 fully saturated rings. The molecule has 0 amide bonds. The minimum absolute atomic E-state index is 0.606. The molecule has 0 aliphatic carbocycles. The Hall–Kier alpha value is -10.0. The first kappa shape index (κ1) is 84.0. The van der Waals surface area contributed by atoms with Crippen LogP contribution in [-0.4, -0.2) is 131 Å². The number of hydrogen-bond donors (Lipinski definition) is 5. The summed E-state index contributed by atoms with van der Waals surface area (Å²) in [5, 5.41) is 62.7. The van der Waals surface area contributed by atoms with Crippen LogP contribution in [0.3, 0.4) is 0 Å². The largest absolute Gasteiger partial charge is 0.470 e. The predicted molar refractivity (Wildman–Crippen MR) is 379 cm³/mol. The van der Waals surface area contributed by atoms with Gasteiger partial charge in [-0.2, -0.15) is 30.0 Å². The number of thiophene rings is 1. The Morgan fingerprint density at radius 2 is 1.32 bits per heavy atom. The van der Waals surface area contributed by atoms with Crippen molar-refractivity contribution in [2.24, 2.45) is 0 Å². The number of aryl methyl sites for hydroxylation is 16. The quantitative estimate of drug-likeness (QED) is 0.0941. The second-order valence-corrected chi connectivity index (χ2v) is 24.8. The molecule has 16 rings (SSSR count). The monoisotopic (exact) mass is 1440 g/mol. The van der Waals surface area contributed by atoms with Gasteiger partial charge in [0.15, 0.2) is 5.76 Å².